The van der Waals surface area contributed by atoms with Crippen molar-refractivity contribution in [2.75, 3.05) is 40.9 Å². The number of benzene rings is 3. The van der Waals surface area contributed by atoms with Crippen LogP contribution in [-0.2, 0) is 9.59 Å². The molecule has 0 radical (unpaired) electrons. The molecule has 1 aliphatic carbocycles. The molecule has 230 valence electrons. The van der Waals surface area contributed by atoms with Gasteiger partial charge in [-0.25, -0.2) is 0 Å². The van der Waals surface area contributed by atoms with Gasteiger partial charge < -0.3 is 34.3 Å². The number of nitrogens with one attached hydrogen (secondary N) is 2. The SMILES string of the molecule is COc1ccc([C@H]2CC(=O)C3=C(C2)NC(C)=C(C(=O)Nc2ccc(C)cc2)[C@@H]3c2ccc(OC)c(OC)c2OC)cc1OC. The molecular formula is C35H38N2O7. The molecule has 0 saturated carbocycles. The number of dihydropyridines is 1. The van der Waals surface area contributed by atoms with Crippen LogP contribution in [0.15, 0.2) is 77.1 Å². The van der Waals surface area contributed by atoms with Crippen molar-refractivity contribution in [3.05, 3.63) is 93.8 Å². The molecule has 0 unspecified atom stereocenters. The number of anilines is 1. The molecule has 5 rings (SSSR count). The average Bonchev–Trinajstić information content (AvgIpc) is 3.03. The van der Waals surface area contributed by atoms with Crippen molar-refractivity contribution < 1.29 is 33.3 Å². The number of aryl methyl sites for hydroxylation is 1. The first-order chi connectivity index (χ1) is 21.2. The lowest BCUT2D eigenvalue weighted by atomic mass is 9.71. The van der Waals surface area contributed by atoms with Crippen molar-refractivity contribution in [1.29, 1.82) is 0 Å². The summed E-state index contributed by atoms with van der Waals surface area (Å²) in [6, 6.07) is 16.9. The predicted molar refractivity (Wildman–Crippen MR) is 168 cm³/mol. The average molecular weight is 599 g/mol. The highest BCUT2D eigenvalue weighted by atomic mass is 16.5. The lowest BCUT2D eigenvalue weighted by Gasteiger charge is -2.37. The van der Waals surface area contributed by atoms with Crippen LogP contribution in [0.5, 0.6) is 28.7 Å². The van der Waals surface area contributed by atoms with Gasteiger partial charge >= 0.3 is 0 Å². The van der Waals surface area contributed by atoms with Crippen molar-refractivity contribution in [2.24, 2.45) is 0 Å². The number of Topliss-reactive ketones (excluding diaryl/α,β-unsaturated/α-hetero) is 1. The standard InChI is InChI=1S/C35H38N2O7/c1-19-8-11-23(12-9-19)37-35(39)30-20(2)36-25-16-22(21-10-14-27(40-3)29(18-21)42-5)17-26(38)32(25)31(30)24-13-15-28(41-4)34(44-7)33(24)43-6/h8-15,18,22,31,36H,16-17H2,1-7H3,(H,37,39)/t22-,31+/m1/s1. The minimum Gasteiger partial charge on any atom is -0.493 e. The monoisotopic (exact) mass is 598 g/mol. The van der Waals surface area contributed by atoms with Gasteiger partial charge in [0.15, 0.2) is 28.8 Å². The van der Waals surface area contributed by atoms with E-state index in [4.69, 9.17) is 23.7 Å². The number of ether oxygens (including phenoxy) is 5. The van der Waals surface area contributed by atoms with E-state index in [-0.39, 0.29) is 24.0 Å². The molecule has 44 heavy (non-hydrogen) atoms. The second kappa shape index (κ2) is 12.8. The summed E-state index contributed by atoms with van der Waals surface area (Å²) in [6.07, 6.45) is 0.820. The van der Waals surface area contributed by atoms with Crippen molar-refractivity contribution in [3.63, 3.8) is 0 Å². The fraction of sp³-hybridized carbons (Fsp3) is 0.314. The zero-order valence-electron chi connectivity index (χ0n) is 26.1. The lowest BCUT2D eigenvalue weighted by Crippen LogP contribution is -2.37. The predicted octanol–water partition coefficient (Wildman–Crippen LogP) is 6.04. The number of methoxy groups -OCH3 is 5. The van der Waals surface area contributed by atoms with Crippen LogP contribution < -0.4 is 34.3 Å². The van der Waals surface area contributed by atoms with Crippen LogP contribution in [0.2, 0.25) is 0 Å². The summed E-state index contributed by atoms with van der Waals surface area (Å²) in [5.74, 6) is 1.29. The van der Waals surface area contributed by atoms with Crippen LogP contribution in [-0.4, -0.2) is 47.2 Å². The quantitative estimate of drug-likeness (QED) is 0.307. The van der Waals surface area contributed by atoms with Crippen LogP contribution in [0.3, 0.4) is 0 Å². The molecule has 0 fully saturated rings. The fourth-order valence-electron chi connectivity index (χ4n) is 6.18. The molecule has 0 bridgehead atoms. The number of hydrogen-bond acceptors (Lipinski definition) is 8. The smallest absolute Gasteiger partial charge is 0.254 e. The number of hydrogen-bond donors (Lipinski definition) is 2. The fourth-order valence-corrected chi connectivity index (χ4v) is 6.18. The number of allylic oxidation sites excluding steroid dienone is 3. The van der Waals surface area contributed by atoms with E-state index in [0.717, 1.165) is 16.8 Å². The van der Waals surface area contributed by atoms with E-state index < -0.39 is 5.92 Å². The Morgan fingerprint density at radius 3 is 2.07 bits per heavy atom. The van der Waals surface area contributed by atoms with Gasteiger partial charge in [-0.15, -0.1) is 0 Å². The summed E-state index contributed by atoms with van der Waals surface area (Å²) in [5.41, 5.74) is 5.71. The molecule has 3 aromatic carbocycles. The highest BCUT2D eigenvalue weighted by Crippen LogP contribution is 2.51. The third-order valence-corrected chi connectivity index (χ3v) is 8.31. The minimum atomic E-state index is -0.717. The van der Waals surface area contributed by atoms with Crippen molar-refractivity contribution in [1.82, 2.24) is 5.32 Å². The molecule has 1 aliphatic heterocycles. The Bertz CT molecular complexity index is 1660. The summed E-state index contributed by atoms with van der Waals surface area (Å²) in [7, 11) is 7.80. The van der Waals surface area contributed by atoms with Crippen LogP contribution >= 0.6 is 0 Å². The number of amides is 1. The number of carbonyl (C=O) groups is 2. The van der Waals surface area contributed by atoms with E-state index in [1.54, 1.807) is 27.4 Å². The van der Waals surface area contributed by atoms with Crippen molar-refractivity contribution in [2.45, 2.75) is 38.5 Å². The zero-order chi connectivity index (χ0) is 31.5. The molecule has 0 aromatic heterocycles. The molecule has 3 aromatic rings. The highest BCUT2D eigenvalue weighted by molar-refractivity contribution is 6.10. The van der Waals surface area contributed by atoms with Gasteiger partial charge in [0, 0.05) is 40.2 Å². The summed E-state index contributed by atoms with van der Waals surface area (Å²) < 4.78 is 28.0. The van der Waals surface area contributed by atoms with Crippen LogP contribution in [0.4, 0.5) is 5.69 Å². The number of ketones is 1. The molecule has 2 atom stereocenters. The van der Waals surface area contributed by atoms with Gasteiger partial charge in [0.05, 0.1) is 41.5 Å². The molecule has 9 heteroatoms. The van der Waals surface area contributed by atoms with Gasteiger partial charge in [-0.05, 0) is 62.1 Å². The number of rotatable bonds is 9. The first-order valence-electron chi connectivity index (χ1n) is 14.4. The molecule has 2 N–H and O–H groups in total. The van der Waals surface area contributed by atoms with E-state index in [1.807, 2.05) is 62.4 Å². The molecule has 0 spiro atoms. The van der Waals surface area contributed by atoms with Gasteiger partial charge in [-0.1, -0.05) is 29.8 Å². The summed E-state index contributed by atoms with van der Waals surface area (Å²) >= 11 is 0. The second-order valence-corrected chi connectivity index (χ2v) is 10.9. The van der Waals surface area contributed by atoms with Gasteiger partial charge in [0.1, 0.15) is 0 Å². The lowest BCUT2D eigenvalue weighted by molar-refractivity contribution is -0.116. The van der Waals surface area contributed by atoms with Crippen LogP contribution in [0, 0.1) is 6.92 Å². The molecular weight excluding hydrogens is 560 g/mol. The van der Waals surface area contributed by atoms with Crippen molar-refractivity contribution in [3.8, 4) is 28.7 Å². The maximum Gasteiger partial charge on any atom is 0.254 e. The van der Waals surface area contributed by atoms with Crippen molar-refractivity contribution >= 4 is 17.4 Å². The van der Waals surface area contributed by atoms with Crippen LogP contribution in [0.1, 0.15) is 48.3 Å². The Hall–Kier alpha value is -4.92. The van der Waals surface area contributed by atoms with Gasteiger partial charge in [-0.3, -0.25) is 9.59 Å². The molecule has 1 heterocycles. The Morgan fingerprint density at radius 1 is 0.773 bits per heavy atom. The third kappa shape index (κ3) is 5.57. The van der Waals surface area contributed by atoms with Gasteiger partial charge in [-0.2, -0.15) is 0 Å². The topological polar surface area (TPSA) is 104 Å². The normalized spacial score (nSPS) is 17.8. The maximum absolute atomic E-state index is 14.2. The summed E-state index contributed by atoms with van der Waals surface area (Å²) in [4.78, 5) is 28.3. The first kappa shape index (κ1) is 30.5. The second-order valence-electron chi connectivity index (χ2n) is 10.9. The van der Waals surface area contributed by atoms with Gasteiger partial charge in [0.25, 0.3) is 5.91 Å². The van der Waals surface area contributed by atoms with Crippen LogP contribution in [0.25, 0.3) is 0 Å². The maximum atomic E-state index is 14.2. The molecule has 0 saturated heterocycles. The highest BCUT2D eigenvalue weighted by Gasteiger charge is 2.43. The van der Waals surface area contributed by atoms with Gasteiger partial charge in [0.2, 0.25) is 5.75 Å². The Balaban J connectivity index is 1.63. The molecule has 1 amide bonds. The summed E-state index contributed by atoms with van der Waals surface area (Å²) in [6.45, 7) is 3.85. The van der Waals surface area contributed by atoms with E-state index in [0.29, 0.717) is 63.3 Å². The zero-order valence-corrected chi connectivity index (χ0v) is 26.1. The van der Waals surface area contributed by atoms with E-state index in [2.05, 4.69) is 10.6 Å². The number of carbonyl (C=O) groups excluding carboxylic acids is 2. The first-order valence-corrected chi connectivity index (χ1v) is 14.4. The Labute approximate surface area is 257 Å². The van der Waals surface area contributed by atoms with E-state index >= 15 is 0 Å². The summed E-state index contributed by atoms with van der Waals surface area (Å²) in [5, 5.41) is 6.47. The Kier molecular flexibility index (Phi) is 8.85. The largest absolute Gasteiger partial charge is 0.493 e. The molecule has 2 aliphatic rings. The third-order valence-electron chi connectivity index (χ3n) is 8.31. The van der Waals surface area contributed by atoms with E-state index in [1.165, 1.54) is 14.2 Å². The Morgan fingerprint density at radius 2 is 1.43 bits per heavy atom. The minimum absolute atomic E-state index is 0.0616. The molecule has 9 nitrogen and oxygen atoms in total. The van der Waals surface area contributed by atoms with E-state index in [9.17, 15) is 9.59 Å².